The Morgan fingerprint density at radius 1 is 0.529 bits per heavy atom. The number of piperazine rings is 3. The number of benzene rings is 3. The summed E-state index contributed by atoms with van der Waals surface area (Å²) in [5, 5.41) is 11.7. The van der Waals surface area contributed by atoms with Crippen molar-refractivity contribution in [3.63, 3.8) is 0 Å². The number of hydrogen-bond donors (Lipinski definition) is 2. The maximum absolute atomic E-state index is 16.1. The van der Waals surface area contributed by atoms with E-state index < -0.39 is 56.2 Å². The lowest BCUT2D eigenvalue weighted by Crippen LogP contribution is -2.58. The molecule has 9 aromatic heterocycles. The Labute approximate surface area is 810 Å². The summed E-state index contributed by atoms with van der Waals surface area (Å²) in [6.07, 6.45) is 8.62. The molecule has 17 rings (SSSR count). The second-order valence-corrected chi connectivity index (χ2v) is 39.5. The third-order valence-electron chi connectivity index (χ3n) is 25.4. The molecule has 0 bridgehead atoms. The average Bonchev–Trinajstić information content (AvgIpc) is 1.70. The molecule has 0 unspecified atom stereocenters. The van der Waals surface area contributed by atoms with Gasteiger partial charge in [0.15, 0.2) is 22.8 Å². The summed E-state index contributed by atoms with van der Waals surface area (Å²) >= 11 is 6.81. The number of fused-ring (bicyclic) bond motifs is 3. The number of aromatic nitrogens is 14. The predicted molar refractivity (Wildman–Crippen MR) is 530 cm³/mol. The first-order chi connectivity index (χ1) is 66.4. The van der Waals surface area contributed by atoms with E-state index in [0.717, 1.165) is 47.6 Å². The lowest BCUT2D eigenvalue weighted by Gasteiger charge is -2.44. The van der Waals surface area contributed by atoms with Gasteiger partial charge in [-0.05, 0) is 177 Å². The van der Waals surface area contributed by atoms with Crippen LogP contribution < -0.4 is 46.5 Å². The number of ether oxygens (including phenoxy) is 1. The number of nitrogens with zero attached hydrogens (tertiary/aromatic N) is 22. The van der Waals surface area contributed by atoms with E-state index in [1.807, 2.05) is 117 Å². The van der Waals surface area contributed by atoms with Crippen LogP contribution >= 0.6 is 11.6 Å². The predicted octanol–water partition coefficient (Wildman–Crippen LogP) is 14.1. The molecular formula is C100H111ClF5N23O10S. The molecule has 12 aromatic rings. The number of anilines is 5. The molecule has 734 valence electrons. The largest absolute Gasteiger partial charge is 0.507 e. The van der Waals surface area contributed by atoms with Crippen LogP contribution in [0.1, 0.15) is 164 Å². The fraction of sp³-hybridized carbons (Fsp3) is 0.390. The molecule has 2 saturated carbocycles. The Balaban J connectivity index is 0.000000159. The first-order valence-electron chi connectivity index (χ1n) is 46.2. The van der Waals surface area contributed by atoms with Gasteiger partial charge in [0, 0.05) is 119 Å². The lowest BCUT2D eigenvalue weighted by molar-refractivity contribution is -0.130. The van der Waals surface area contributed by atoms with Gasteiger partial charge in [0.2, 0.25) is 39.6 Å². The van der Waals surface area contributed by atoms with Gasteiger partial charge < -0.3 is 49.9 Å². The molecule has 5 aliphatic rings. The molecule has 3 aliphatic heterocycles. The van der Waals surface area contributed by atoms with Crippen LogP contribution in [-0.2, 0) is 24.4 Å². The smallest absolute Gasteiger partial charge is 0.355 e. The van der Waals surface area contributed by atoms with Gasteiger partial charge >= 0.3 is 17.1 Å². The molecule has 33 nitrogen and oxygen atoms in total. The normalized spacial score (nSPS) is 16.8. The average molecular weight is 1960 g/mol. The summed E-state index contributed by atoms with van der Waals surface area (Å²) in [6.45, 7) is 37.1. The number of hydrogen-bond acceptors (Lipinski definition) is 26. The second-order valence-electron chi connectivity index (χ2n) is 37.1. The number of likely N-dealkylation sites (N-methyl/N-ethyl adjacent to an activating group) is 1. The Morgan fingerprint density at radius 2 is 0.979 bits per heavy atom. The molecule has 5 fully saturated rings. The van der Waals surface area contributed by atoms with E-state index in [1.165, 1.54) is 106 Å². The summed E-state index contributed by atoms with van der Waals surface area (Å²) in [5.41, 5.74) is 7.91. The van der Waals surface area contributed by atoms with E-state index in [0.29, 0.717) is 116 Å². The highest BCUT2D eigenvalue weighted by Gasteiger charge is 2.42. The van der Waals surface area contributed by atoms with Crippen LogP contribution in [0.2, 0.25) is 5.02 Å². The third-order valence-corrected chi connectivity index (χ3v) is 26.9. The highest BCUT2D eigenvalue weighted by atomic mass is 35.5. The van der Waals surface area contributed by atoms with Crippen molar-refractivity contribution < 1.29 is 54.6 Å². The number of nitrogens with two attached hydrogens (primary N) is 1. The number of carbonyl (C=O) groups excluding carboxylic acids is 3. The zero-order valence-corrected chi connectivity index (χ0v) is 82.3. The van der Waals surface area contributed by atoms with Gasteiger partial charge in [0.05, 0.1) is 89.8 Å². The topological polar surface area (TPSA) is 375 Å². The molecule has 2 aliphatic carbocycles. The molecular weight excluding hydrogens is 1850 g/mol. The summed E-state index contributed by atoms with van der Waals surface area (Å²) in [6, 6.07) is 18.4. The number of phenolic OH excluding ortho intramolecular Hbond substituents is 1. The van der Waals surface area contributed by atoms with Crippen molar-refractivity contribution in [2.24, 2.45) is 0 Å². The number of pyridine rings is 4. The molecule has 140 heavy (non-hydrogen) atoms. The quantitative estimate of drug-likeness (QED) is 0.0341. The number of nitrogen functional groups attached to an aromatic ring is 1. The van der Waals surface area contributed by atoms with E-state index in [4.69, 9.17) is 42.0 Å². The molecule has 3 aromatic carbocycles. The van der Waals surface area contributed by atoms with Crippen LogP contribution in [0, 0.1) is 42.9 Å². The number of halogens is 6. The van der Waals surface area contributed by atoms with Crippen molar-refractivity contribution in [1.29, 1.82) is 0 Å². The minimum atomic E-state index is -3.74. The summed E-state index contributed by atoms with van der Waals surface area (Å²) in [5.74, 6) is -3.56. The van der Waals surface area contributed by atoms with Crippen molar-refractivity contribution in [3.8, 4) is 62.5 Å². The van der Waals surface area contributed by atoms with Gasteiger partial charge in [-0.3, -0.25) is 14.4 Å². The van der Waals surface area contributed by atoms with Gasteiger partial charge in [-0.1, -0.05) is 97.1 Å². The first kappa shape index (κ1) is 100. The van der Waals surface area contributed by atoms with Gasteiger partial charge in [0.1, 0.15) is 70.3 Å². The second kappa shape index (κ2) is 40.4. The number of aromatic hydroxyl groups is 1. The summed E-state index contributed by atoms with van der Waals surface area (Å²) < 4.78 is 113. The van der Waals surface area contributed by atoms with Crippen LogP contribution in [0.15, 0.2) is 137 Å². The molecule has 4 atom stereocenters. The third kappa shape index (κ3) is 19.9. The van der Waals surface area contributed by atoms with Crippen molar-refractivity contribution >= 4 is 102 Å². The number of phenols is 1. The van der Waals surface area contributed by atoms with Gasteiger partial charge in [-0.25, -0.2) is 103 Å². The van der Waals surface area contributed by atoms with Crippen molar-refractivity contribution in [2.75, 3.05) is 118 Å². The highest BCUT2D eigenvalue weighted by Crippen LogP contribution is 2.50. The van der Waals surface area contributed by atoms with Crippen LogP contribution in [0.25, 0.3) is 83.9 Å². The molecule has 12 heterocycles. The van der Waals surface area contributed by atoms with Crippen LogP contribution in [0.3, 0.4) is 0 Å². The van der Waals surface area contributed by atoms with Gasteiger partial charge in [-0.15, -0.1) is 0 Å². The van der Waals surface area contributed by atoms with Crippen molar-refractivity contribution in [3.05, 3.63) is 228 Å². The number of rotatable bonds is 23. The molecule has 40 heteroatoms. The standard InChI is InChI=1S/C34H40F2N8O3.C33H33ClFN7O3.C33H38F2N8O4S/c1-8-27(45)42-12-13-43(21(5)18-42)32-22-17-24(36)30(28-23(35)10-9-11-25(28)37)39-33(22)44(34(46)40-32)31-20(4)16-26(38-29(31)19(2)3)47-15-14-41(6)7;1-5-25(44)41-16(2)14-40(15-17(41)3)31-21-13-22(34)29(26-23(35)7-6-8-24(26)43)38-32(21)42(33(45)39-31)30-27(19-9-10-19)36-18(4)37-28(30)20-11-12-20;1-9-25(44)41-14-15-42(20(6)17-41)30-22-16-24(35)28(21-12-10-11-13-23(21)34)36-31(22)43(33(45)39-30)29-26(18(2)3)37-32(38-27(29)19(4)5)40(7)48(8,46)47/h8-11,16-17,19,21H,1,12-15,18,37H2,2-7H3;5-8,13,16-17,19-20,43H,1,9-12,14-15H2,2-4H3;9-13,16,18-20H,1,14-15,17H2,2-8H3/t21-;16-,17+;20-/m0.0/s1. The highest BCUT2D eigenvalue weighted by molar-refractivity contribution is 7.92. The Kier molecular flexibility index (Phi) is 29.0. The first-order valence-corrected chi connectivity index (χ1v) is 48.4. The number of aryl methyl sites for hydroxylation is 2. The van der Waals surface area contributed by atoms with Crippen molar-refractivity contribution in [1.82, 2.24) is 88.1 Å². The van der Waals surface area contributed by atoms with E-state index in [9.17, 15) is 42.3 Å². The Hall–Kier alpha value is -14.1. The number of amides is 3. The fourth-order valence-electron chi connectivity index (χ4n) is 18.3. The lowest BCUT2D eigenvalue weighted by atomic mass is 10.0. The number of sulfonamides is 1. The zero-order valence-electron chi connectivity index (χ0n) is 80.7. The molecule has 3 saturated heterocycles. The van der Waals surface area contributed by atoms with Crippen molar-refractivity contribution in [2.45, 2.75) is 163 Å². The zero-order chi connectivity index (χ0) is 101. The van der Waals surface area contributed by atoms with Crippen LogP contribution in [-0.4, -0.2) is 236 Å². The van der Waals surface area contributed by atoms with E-state index in [2.05, 4.69) is 54.6 Å². The Morgan fingerprint density at radius 3 is 1.45 bits per heavy atom. The molecule has 0 spiro atoms. The summed E-state index contributed by atoms with van der Waals surface area (Å²) in [7, 11) is 1.49. The van der Waals surface area contributed by atoms with Crippen LogP contribution in [0.5, 0.6) is 11.6 Å². The molecule has 3 amide bonds. The summed E-state index contributed by atoms with van der Waals surface area (Å²) in [4.78, 5) is 144. The maximum Gasteiger partial charge on any atom is 0.355 e. The van der Waals surface area contributed by atoms with Gasteiger partial charge in [-0.2, -0.15) is 15.0 Å². The van der Waals surface area contributed by atoms with Crippen LogP contribution in [0.4, 0.5) is 51.0 Å². The molecule has 0 radical (unpaired) electrons. The van der Waals surface area contributed by atoms with E-state index in [1.54, 1.807) is 32.9 Å². The van der Waals surface area contributed by atoms with Gasteiger partial charge in [0.25, 0.3) is 0 Å². The fourth-order valence-corrected chi connectivity index (χ4v) is 18.9. The van der Waals surface area contributed by atoms with E-state index >= 15 is 22.0 Å². The number of carbonyl (C=O) groups is 3. The minimum Gasteiger partial charge on any atom is -0.507 e. The Bertz CT molecular complexity index is 7210. The monoisotopic (exact) mass is 1960 g/mol. The minimum absolute atomic E-state index is 0.00201. The molecule has 3 N–H and O–H groups in total. The maximum atomic E-state index is 16.1. The SMILES string of the molecule is C=CC(=O)N1CCN(c2nc(=O)n(-c3c(C(C)C)nc(N(C)S(C)(=O)=O)nc3C(C)C)c3nc(-c4ccccc4F)c(F)cc23)[C@@H](C)C1.C=CC(=O)N1CCN(c2nc(=O)n(-c3c(C)cc(OCCN(C)C)nc3C(C)C)c3nc(-c4c(N)cccc4F)c(F)cc23)[C@@H](C)C1.C=CC(=O)N1[C@H](C)CN(c2nc(=O)n(-c3c(C4CC4)nc(C)nc3C3CC3)c3nc(-c4c(O)cccc4F)c(Cl)cc23)C[C@@H]1C. The van der Waals surface area contributed by atoms with E-state index in [-0.39, 0.29) is 179 Å².